The van der Waals surface area contributed by atoms with Crippen molar-refractivity contribution < 1.29 is 9.84 Å². The van der Waals surface area contributed by atoms with E-state index in [0.29, 0.717) is 19.3 Å². The summed E-state index contributed by atoms with van der Waals surface area (Å²) in [5, 5.41) is 15.4. The van der Waals surface area contributed by atoms with Crippen LogP contribution in [0.4, 0.5) is 0 Å². The van der Waals surface area contributed by atoms with Gasteiger partial charge in [-0.15, -0.1) is 0 Å². The molecule has 1 aliphatic rings. The zero-order valence-electron chi connectivity index (χ0n) is 12.1. The third kappa shape index (κ3) is 3.20. The Morgan fingerprint density at radius 2 is 2.00 bits per heavy atom. The molecule has 0 spiro atoms. The van der Waals surface area contributed by atoms with Crippen LogP contribution in [-0.2, 0) is 17.7 Å². The minimum Gasteiger partial charge on any atom is -0.389 e. The van der Waals surface area contributed by atoms with Crippen molar-refractivity contribution in [2.75, 3.05) is 0 Å². The van der Waals surface area contributed by atoms with Crippen molar-refractivity contribution >= 4 is 15.9 Å². The monoisotopic (exact) mass is 330 g/mol. The molecule has 1 aliphatic heterocycles. The van der Waals surface area contributed by atoms with Gasteiger partial charge in [0.2, 0.25) is 0 Å². The highest BCUT2D eigenvalue weighted by Crippen LogP contribution is 2.34. The molecule has 0 bridgehead atoms. The predicted octanol–water partition coefficient (Wildman–Crippen LogP) is 2.83. The smallest absolute Gasteiger partial charge is 0.0752 e. The SMILES string of the molecule is CCn1nc(C)c(Br)c1CC1(O)CC(C)OC(C)C1. The number of ether oxygens (including phenoxy) is 1. The lowest BCUT2D eigenvalue weighted by Gasteiger charge is -2.39. The average Bonchev–Trinajstić information content (AvgIpc) is 2.54. The highest BCUT2D eigenvalue weighted by molar-refractivity contribution is 9.10. The van der Waals surface area contributed by atoms with Gasteiger partial charge < -0.3 is 9.84 Å². The fourth-order valence-electron chi connectivity index (χ4n) is 3.14. The van der Waals surface area contributed by atoms with E-state index in [2.05, 4.69) is 28.0 Å². The van der Waals surface area contributed by atoms with Gasteiger partial charge in [0, 0.05) is 25.8 Å². The molecule has 0 aromatic carbocycles. The summed E-state index contributed by atoms with van der Waals surface area (Å²) in [4.78, 5) is 0. The summed E-state index contributed by atoms with van der Waals surface area (Å²) in [7, 11) is 0. The first kappa shape index (κ1) is 15.0. The molecule has 19 heavy (non-hydrogen) atoms. The standard InChI is InChI=1S/C14H23BrN2O2/c1-5-17-12(13(15)11(4)16-17)8-14(18)6-9(2)19-10(3)7-14/h9-10,18H,5-8H2,1-4H3. The third-order valence-corrected chi connectivity index (χ3v) is 4.78. The zero-order valence-corrected chi connectivity index (χ0v) is 13.7. The second-order valence-corrected chi connectivity index (χ2v) is 6.52. The molecule has 2 rings (SSSR count). The summed E-state index contributed by atoms with van der Waals surface area (Å²) in [5.41, 5.74) is 1.37. The molecule has 1 aromatic rings. The van der Waals surface area contributed by atoms with Gasteiger partial charge in [0.25, 0.3) is 0 Å². The van der Waals surface area contributed by atoms with Crippen molar-refractivity contribution in [3.63, 3.8) is 0 Å². The molecular weight excluding hydrogens is 308 g/mol. The minimum atomic E-state index is -0.695. The Bertz CT molecular complexity index is 449. The lowest BCUT2D eigenvalue weighted by molar-refractivity contribution is -0.131. The number of halogens is 1. The second kappa shape index (κ2) is 5.54. The molecule has 1 saturated heterocycles. The fourth-order valence-corrected chi connectivity index (χ4v) is 3.56. The number of aromatic nitrogens is 2. The molecule has 1 aromatic heterocycles. The number of rotatable bonds is 3. The lowest BCUT2D eigenvalue weighted by Crippen LogP contribution is -2.45. The highest BCUT2D eigenvalue weighted by Gasteiger charge is 2.38. The number of aliphatic hydroxyl groups is 1. The maximum atomic E-state index is 10.9. The summed E-state index contributed by atoms with van der Waals surface area (Å²) < 4.78 is 8.71. The predicted molar refractivity (Wildman–Crippen MR) is 78.2 cm³/mol. The van der Waals surface area contributed by atoms with Crippen molar-refractivity contribution in [1.29, 1.82) is 0 Å². The van der Waals surface area contributed by atoms with Crippen LogP contribution in [0.25, 0.3) is 0 Å². The average molecular weight is 331 g/mol. The molecule has 2 heterocycles. The maximum Gasteiger partial charge on any atom is 0.0752 e. The van der Waals surface area contributed by atoms with Gasteiger partial charge in [0.1, 0.15) is 0 Å². The van der Waals surface area contributed by atoms with E-state index < -0.39 is 5.60 Å². The van der Waals surface area contributed by atoms with Crippen molar-refractivity contribution in [3.05, 3.63) is 15.9 Å². The van der Waals surface area contributed by atoms with E-state index >= 15 is 0 Å². The van der Waals surface area contributed by atoms with Gasteiger partial charge in [-0.1, -0.05) is 0 Å². The lowest BCUT2D eigenvalue weighted by atomic mass is 9.84. The molecule has 108 valence electrons. The number of hydrogen-bond donors (Lipinski definition) is 1. The van der Waals surface area contributed by atoms with Gasteiger partial charge in [-0.25, -0.2) is 0 Å². The van der Waals surface area contributed by atoms with Crippen LogP contribution in [0.1, 0.15) is 45.0 Å². The Balaban J connectivity index is 2.24. The van der Waals surface area contributed by atoms with E-state index in [-0.39, 0.29) is 12.2 Å². The Hall–Kier alpha value is -0.390. The molecule has 2 unspecified atom stereocenters. The third-order valence-electron chi connectivity index (χ3n) is 3.75. The molecule has 5 heteroatoms. The van der Waals surface area contributed by atoms with E-state index in [1.165, 1.54) is 0 Å². The molecular formula is C14H23BrN2O2. The molecule has 0 saturated carbocycles. The number of aryl methyl sites for hydroxylation is 2. The van der Waals surface area contributed by atoms with Crippen LogP contribution in [-0.4, -0.2) is 32.7 Å². The van der Waals surface area contributed by atoms with Gasteiger partial charge in [0.05, 0.1) is 33.7 Å². The largest absolute Gasteiger partial charge is 0.389 e. The Morgan fingerprint density at radius 3 is 2.53 bits per heavy atom. The minimum absolute atomic E-state index is 0.103. The Kier molecular flexibility index (Phi) is 4.38. The molecule has 1 fully saturated rings. The quantitative estimate of drug-likeness (QED) is 0.926. The van der Waals surface area contributed by atoms with Gasteiger partial charge >= 0.3 is 0 Å². The van der Waals surface area contributed by atoms with Crippen molar-refractivity contribution in [3.8, 4) is 0 Å². The van der Waals surface area contributed by atoms with Gasteiger partial charge in [-0.3, -0.25) is 4.68 Å². The van der Waals surface area contributed by atoms with E-state index in [1.807, 2.05) is 25.5 Å². The zero-order chi connectivity index (χ0) is 14.2. The van der Waals surface area contributed by atoms with Gasteiger partial charge in [0.15, 0.2) is 0 Å². The summed E-state index contributed by atoms with van der Waals surface area (Å²) in [6.07, 6.45) is 2.19. The molecule has 1 N–H and O–H groups in total. The molecule has 4 nitrogen and oxygen atoms in total. The summed E-state index contributed by atoms with van der Waals surface area (Å²) in [6.45, 7) is 8.93. The number of hydrogen-bond acceptors (Lipinski definition) is 3. The Morgan fingerprint density at radius 1 is 1.42 bits per heavy atom. The summed E-state index contributed by atoms with van der Waals surface area (Å²) >= 11 is 3.60. The maximum absolute atomic E-state index is 10.9. The van der Waals surface area contributed by atoms with Crippen LogP contribution in [0.2, 0.25) is 0 Å². The van der Waals surface area contributed by atoms with Gasteiger partial charge in [-0.05, 0) is 43.6 Å². The number of nitrogens with zero attached hydrogens (tertiary/aromatic N) is 2. The summed E-state index contributed by atoms with van der Waals surface area (Å²) in [6, 6.07) is 0. The van der Waals surface area contributed by atoms with E-state index in [1.54, 1.807) is 0 Å². The first-order chi connectivity index (χ1) is 8.84. The topological polar surface area (TPSA) is 47.3 Å². The van der Waals surface area contributed by atoms with E-state index in [4.69, 9.17) is 4.74 Å². The van der Waals surface area contributed by atoms with Crippen LogP contribution in [0.5, 0.6) is 0 Å². The van der Waals surface area contributed by atoms with E-state index in [9.17, 15) is 5.11 Å². The highest BCUT2D eigenvalue weighted by atomic mass is 79.9. The van der Waals surface area contributed by atoms with Crippen LogP contribution in [0.15, 0.2) is 4.47 Å². The summed E-state index contributed by atoms with van der Waals surface area (Å²) in [5.74, 6) is 0. The van der Waals surface area contributed by atoms with Crippen LogP contribution >= 0.6 is 15.9 Å². The van der Waals surface area contributed by atoms with Crippen LogP contribution in [0.3, 0.4) is 0 Å². The normalized spacial score (nSPS) is 31.7. The van der Waals surface area contributed by atoms with Crippen LogP contribution < -0.4 is 0 Å². The van der Waals surface area contributed by atoms with Gasteiger partial charge in [-0.2, -0.15) is 5.10 Å². The molecule has 2 atom stereocenters. The van der Waals surface area contributed by atoms with Crippen molar-refractivity contribution in [2.45, 2.75) is 71.3 Å². The second-order valence-electron chi connectivity index (χ2n) is 5.73. The van der Waals surface area contributed by atoms with Crippen LogP contribution in [0, 0.1) is 6.92 Å². The van der Waals surface area contributed by atoms with Crippen molar-refractivity contribution in [2.24, 2.45) is 0 Å². The first-order valence-corrected chi connectivity index (χ1v) is 7.73. The fraction of sp³-hybridized carbons (Fsp3) is 0.786. The Labute approximate surface area is 123 Å². The van der Waals surface area contributed by atoms with Crippen molar-refractivity contribution in [1.82, 2.24) is 9.78 Å². The first-order valence-electron chi connectivity index (χ1n) is 6.94. The van der Waals surface area contributed by atoms with E-state index in [0.717, 1.165) is 22.4 Å². The molecule has 0 radical (unpaired) electrons. The molecule has 0 aliphatic carbocycles. The molecule has 0 amide bonds.